The van der Waals surface area contributed by atoms with Gasteiger partial charge in [-0.15, -0.1) is 0 Å². The van der Waals surface area contributed by atoms with E-state index in [-0.39, 0.29) is 30.2 Å². The molecule has 2 heterocycles. The Morgan fingerprint density at radius 1 is 1.28 bits per heavy atom. The standard InChI is InChI=1S/C20H23N3O2/c1-14-6-3-4-7-15(14)9-11-22-20(25)17-12-18(24)23(2)19(17)16-8-5-10-21-13-16/h3-8,10,13,17,19H,9,11-12H2,1-2H3,(H,22,25)/t17-,19-/m1/s1. The van der Waals surface area contributed by atoms with E-state index in [1.54, 1.807) is 24.3 Å². The summed E-state index contributed by atoms with van der Waals surface area (Å²) in [6.45, 7) is 2.64. The number of amides is 2. The molecule has 1 aliphatic rings. The van der Waals surface area contributed by atoms with Gasteiger partial charge >= 0.3 is 0 Å². The van der Waals surface area contributed by atoms with Crippen LogP contribution in [0.3, 0.4) is 0 Å². The van der Waals surface area contributed by atoms with Gasteiger partial charge in [0.15, 0.2) is 0 Å². The quantitative estimate of drug-likeness (QED) is 0.910. The highest BCUT2D eigenvalue weighted by Crippen LogP contribution is 2.36. The summed E-state index contributed by atoms with van der Waals surface area (Å²) in [6, 6.07) is 11.7. The van der Waals surface area contributed by atoms with Gasteiger partial charge in [0.25, 0.3) is 0 Å². The van der Waals surface area contributed by atoms with E-state index in [1.807, 2.05) is 24.3 Å². The van der Waals surface area contributed by atoms with Crippen LogP contribution in [0.2, 0.25) is 0 Å². The van der Waals surface area contributed by atoms with Gasteiger partial charge in [-0.1, -0.05) is 30.3 Å². The molecule has 130 valence electrons. The summed E-state index contributed by atoms with van der Waals surface area (Å²) < 4.78 is 0. The van der Waals surface area contributed by atoms with Gasteiger partial charge in [-0.3, -0.25) is 14.6 Å². The van der Waals surface area contributed by atoms with Crippen LogP contribution < -0.4 is 5.32 Å². The molecule has 25 heavy (non-hydrogen) atoms. The van der Waals surface area contributed by atoms with E-state index in [9.17, 15) is 9.59 Å². The molecule has 1 N–H and O–H groups in total. The van der Waals surface area contributed by atoms with E-state index >= 15 is 0 Å². The molecule has 5 heteroatoms. The summed E-state index contributed by atoms with van der Waals surface area (Å²) in [4.78, 5) is 30.6. The number of benzene rings is 1. The molecule has 2 atom stereocenters. The SMILES string of the molecule is Cc1ccccc1CCNC(=O)[C@@H]1CC(=O)N(C)[C@@H]1c1cccnc1. The molecule has 1 fully saturated rings. The zero-order chi connectivity index (χ0) is 17.8. The Morgan fingerprint density at radius 3 is 2.80 bits per heavy atom. The van der Waals surface area contributed by atoms with Gasteiger partial charge in [-0.2, -0.15) is 0 Å². The number of nitrogens with zero attached hydrogens (tertiary/aromatic N) is 2. The average molecular weight is 337 g/mol. The van der Waals surface area contributed by atoms with Crippen molar-refractivity contribution in [3.63, 3.8) is 0 Å². The van der Waals surface area contributed by atoms with Crippen molar-refractivity contribution in [1.29, 1.82) is 0 Å². The lowest BCUT2D eigenvalue weighted by molar-refractivity contribution is -0.128. The number of hydrogen-bond acceptors (Lipinski definition) is 3. The Morgan fingerprint density at radius 2 is 2.08 bits per heavy atom. The molecule has 0 spiro atoms. The number of nitrogens with one attached hydrogen (secondary N) is 1. The number of aryl methyl sites for hydroxylation is 1. The molecule has 0 radical (unpaired) electrons. The number of carbonyl (C=O) groups is 2. The smallest absolute Gasteiger partial charge is 0.226 e. The molecule has 0 bridgehead atoms. The highest BCUT2D eigenvalue weighted by molar-refractivity contribution is 5.90. The molecule has 0 unspecified atom stereocenters. The van der Waals surface area contributed by atoms with Crippen molar-refractivity contribution in [3.05, 3.63) is 65.5 Å². The third kappa shape index (κ3) is 3.71. The highest BCUT2D eigenvalue weighted by atomic mass is 16.2. The first-order valence-electron chi connectivity index (χ1n) is 8.55. The minimum Gasteiger partial charge on any atom is -0.355 e. The van der Waals surface area contributed by atoms with E-state index < -0.39 is 0 Å². The second-order valence-corrected chi connectivity index (χ2v) is 6.51. The maximum atomic E-state index is 12.7. The number of hydrogen-bond donors (Lipinski definition) is 1. The Kier molecular flexibility index (Phi) is 5.12. The van der Waals surface area contributed by atoms with Crippen molar-refractivity contribution < 1.29 is 9.59 Å². The van der Waals surface area contributed by atoms with Crippen LogP contribution in [-0.4, -0.2) is 35.3 Å². The van der Waals surface area contributed by atoms with Gasteiger partial charge in [0.1, 0.15) is 0 Å². The molecule has 1 aromatic heterocycles. The topological polar surface area (TPSA) is 62.3 Å². The van der Waals surface area contributed by atoms with Crippen molar-refractivity contribution in [2.24, 2.45) is 5.92 Å². The number of aromatic nitrogens is 1. The van der Waals surface area contributed by atoms with E-state index in [2.05, 4.69) is 29.4 Å². The van der Waals surface area contributed by atoms with E-state index in [0.29, 0.717) is 6.54 Å². The van der Waals surface area contributed by atoms with Crippen LogP contribution in [0.4, 0.5) is 0 Å². The predicted molar refractivity (Wildman–Crippen MR) is 95.7 cm³/mol. The fraction of sp³-hybridized carbons (Fsp3) is 0.350. The Bertz CT molecular complexity index is 761. The van der Waals surface area contributed by atoms with E-state index in [0.717, 1.165) is 12.0 Å². The van der Waals surface area contributed by atoms with Gasteiger partial charge < -0.3 is 10.2 Å². The lowest BCUT2D eigenvalue weighted by Gasteiger charge is -2.24. The maximum absolute atomic E-state index is 12.7. The lowest BCUT2D eigenvalue weighted by Crippen LogP contribution is -2.35. The summed E-state index contributed by atoms with van der Waals surface area (Å²) in [5, 5.41) is 3.00. The number of carbonyl (C=O) groups excluding carboxylic acids is 2. The van der Waals surface area contributed by atoms with Crippen molar-refractivity contribution in [3.8, 4) is 0 Å². The average Bonchev–Trinajstić information content (AvgIpc) is 2.92. The second-order valence-electron chi connectivity index (χ2n) is 6.51. The van der Waals surface area contributed by atoms with Gasteiger partial charge in [0, 0.05) is 32.4 Å². The molecule has 1 aromatic carbocycles. The summed E-state index contributed by atoms with van der Waals surface area (Å²) in [6.07, 6.45) is 4.45. The third-order valence-corrected chi connectivity index (χ3v) is 4.90. The Labute approximate surface area is 148 Å². The molecule has 0 saturated carbocycles. The van der Waals surface area contributed by atoms with Gasteiger partial charge in [-0.25, -0.2) is 0 Å². The summed E-state index contributed by atoms with van der Waals surface area (Å²) in [7, 11) is 1.75. The largest absolute Gasteiger partial charge is 0.355 e. The van der Waals surface area contributed by atoms with Crippen LogP contribution >= 0.6 is 0 Å². The number of pyridine rings is 1. The van der Waals surface area contributed by atoms with Crippen molar-refractivity contribution in [1.82, 2.24) is 15.2 Å². The molecule has 5 nitrogen and oxygen atoms in total. The normalized spacial score (nSPS) is 19.9. The maximum Gasteiger partial charge on any atom is 0.226 e. The summed E-state index contributed by atoms with van der Waals surface area (Å²) >= 11 is 0. The first kappa shape index (κ1) is 17.1. The molecule has 3 rings (SSSR count). The van der Waals surface area contributed by atoms with Crippen LogP contribution in [0.25, 0.3) is 0 Å². The number of likely N-dealkylation sites (tertiary alicyclic amines) is 1. The van der Waals surface area contributed by atoms with Crippen molar-refractivity contribution >= 4 is 11.8 Å². The monoisotopic (exact) mass is 337 g/mol. The van der Waals surface area contributed by atoms with Gasteiger partial charge in [0.2, 0.25) is 11.8 Å². The lowest BCUT2D eigenvalue weighted by atomic mass is 9.94. The van der Waals surface area contributed by atoms with E-state index in [1.165, 1.54) is 11.1 Å². The zero-order valence-electron chi connectivity index (χ0n) is 14.6. The molecular formula is C20H23N3O2. The molecule has 1 aliphatic heterocycles. The third-order valence-electron chi connectivity index (χ3n) is 4.90. The fourth-order valence-corrected chi connectivity index (χ4v) is 3.45. The van der Waals surface area contributed by atoms with Crippen LogP contribution in [0.1, 0.15) is 29.2 Å². The minimum absolute atomic E-state index is 0.00657. The number of rotatable bonds is 5. The first-order valence-corrected chi connectivity index (χ1v) is 8.55. The molecule has 2 aromatic rings. The van der Waals surface area contributed by atoms with Crippen LogP contribution in [0.5, 0.6) is 0 Å². The van der Waals surface area contributed by atoms with Crippen molar-refractivity contribution in [2.45, 2.75) is 25.8 Å². The molecule has 2 amide bonds. The van der Waals surface area contributed by atoms with E-state index in [4.69, 9.17) is 0 Å². The molecule has 1 saturated heterocycles. The zero-order valence-corrected chi connectivity index (χ0v) is 14.6. The minimum atomic E-state index is -0.376. The van der Waals surface area contributed by atoms with Gasteiger partial charge in [0.05, 0.1) is 12.0 Å². The molecule has 0 aliphatic carbocycles. The predicted octanol–water partition coefficient (Wildman–Crippen LogP) is 2.27. The Balaban J connectivity index is 1.66. The van der Waals surface area contributed by atoms with Crippen LogP contribution in [0, 0.1) is 12.8 Å². The molecular weight excluding hydrogens is 314 g/mol. The van der Waals surface area contributed by atoms with Crippen LogP contribution in [0.15, 0.2) is 48.8 Å². The van der Waals surface area contributed by atoms with Crippen LogP contribution in [-0.2, 0) is 16.0 Å². The fourth-order valence-electron chi connectivity index (χ4n) is 3.45. The van der Waals surface area contributed by atoms with Crippen molar-refractivity contribution in [2.75, 3.05) is 13.6 Å². The first-order chi connectivity index (χ1) is 12.1. The summed E-state index contributed by atoms with van der Waals surface area (Å²) in [5.74, 6) is -0.452. The Hall–Kier alpha value is -2.69. The highest BCUT2D eigenvalue weighted by Gasteiger charge is 2.42. The second kappa shape index (κ2) is 7.47. The summed E-state index contributed by atoms with van der Waals surface area (Å²) in [5.41, 5.74) is 3.35. The van der Waals surface area contributed by atoms with Gasteiger partial charge in [-0.05, 0) is 36.1 Å².